The van der Waals surface area contributed by atoms with E-state index >= 15 is 0 Å². The number of rotatable bonds is 4. The lowest BCUT2D eigenvalue weighted by atomic mass is 10.1. The van der Waals surface area contributed by atoms with E-state index in [4.69, 9.17) is 5.41 Å². The highest BCUT2D eigenvalue weighted by atomic mass is 32.2. The molecule has 0 saturated carbocycles. The minimum atomic E-state index is -0.412. The van der Waals surface area contributed by atoms with Crippen molar-refractivity contribution >= 4 is 50.6 Å². The second-order valence-electron chi connectivity index (χ2n) is 8.87. The number of amides is 1. The maximum Gasteiger partial charge on any atom is 0.283 e. The van der Waals surface area contributed by atoms with E-state index in [0.717, 1.165) is 33.2 Å². The molecule has 1 N–H and O–H groups in total. The molecule has 1 amide bonds. The maximum absolute atomic E-state index is 12.9. The van der Waals surface area contributed by atoms with Crippen LogP contribution in [0.1, 0.15) is 22.5 Å². The van der Waals surface area contributed by atoms with E-state index in [0.29, 0.717) is 11.6 Å². The van der Waals surface area contributed by atoms with Crippen LogP contribution in [0.15, 0.2) is 94.5 Å². The Bertz CT molecular complexity index is 1640. The summed E-state index contributed by atoms with van der Waals surface area (Å²) in [6, 6.07) is 26.7. The van der Waals surface area contributed by atoms with Gasteiger partial charge in [-0.05, 0) is 71.8 Å². The molecule has 0 spiro atoms. The highest BCUT2D eigenvalue weighted by Gasteiger charge is 2.35. The van der Waals surface area contributed by atoms with Gasteiger partial charge in [0.15, 0.2) is 5.84 Å². The van der Waals surface area contributed by atoms with Crippen LogP contribution in [0.2, 0.25) is 0 Å². The van der Waals surface area contributed by atoms with Gasteiger partial charge in [0.05, 0.1) is 5.57 Å². The number of amidine groups is 2. The zero-order valence-corrected chi connectivity index (χ0v) is 20.7. The van der Waals surface area contributed by atoms with Crippen molar-refractivity contribution in [1.82, 2.24) is 9.58 Å². The van der Waals surface area contributed by atoms with Gasteiger partial charge in [0, 0.05) is 23.5 Å². The largest absolute Gasteiger partial charge is 0.318 e. The normalized spacial score (nSPS) is 16.5. The van der Waals surface area contributed by atoms with Crippen molar-refractivity contribution in [2.75, 3.05) is 0 Å². The Balaban J connectivity index is 1.33. The summed E-state index contributed by atoms with van der Waals surface area (Å²) in [4.78, 5) is 17.2. The van der Waals surface area contributed by atoms with Gasteiger partial charge in [-0.2, -0.15) is 15.1 Å². The van der Waals surface area contributed by atoms with Crippen LogP contribution in [0.3, 0.4) is 0 Å². The van der Waals surface area contributed by atoms with Crippen LogP contribution in [-0.4, -0.2) is 31.5 Å². The number of carbonyl (C=O) groups is 1. The Morgan fingerprint density at radius 2 is 1.69 bits per heavy atom. The van der Waals surface area contributed by atoms with Crippen molar-refractivity contribution in [2.24, 2.45) is 10.1 Å². The van der Waals surface area contributed by atoms with Gasteiger partial charge in [-0.25, -0.2) is 0 Å². The number of nitrogens with zero attached hydrogens (tertiary/aromatic N) is 4. The number of hydrazone groups is 1. The number of hydrogen-bond donors (Lipinski definition) is 1. The number of hydrogen-bond acceptors (Lipinski definition) is 4. The monoisotopic (exact) mass is 489 g/mol. The van der Waals surface area contributed by atoms with Crippen molar-refractivity contribution < 1.29 is 4.79 Å². The third kappa shape index (κ3) is 3.87. The van der Waals surface area contributed by atoms with Crippen LogP contribution in [0.4, 0.5) is 0 Å². The number of aliphatic imine (C=N–C) groups is 1. The lowest BCUT2D eigenvalue weighted by Crippen LogP contribution is -2.35. The van der Waals surface area contributed by atoms with Crippen LogP contribution in [0.5, 0.6) is 0 Å². The van der Waals surface area contributed by atoms with Crippen LogP contribution in [0, 0.1) is 19.3 Å². The Labute approximate surface area is 213 Å². The van der Waals surface area contributed by atoms with Crippen molar-refractivity contribution in [3.8, 4) is 5.69 Å². The second-order valence-corrected chi connectivity index (χ2v) is 9.91. The third-order valence-corrected chi connectivity index (χ3v) is 7.36. The molecule has 7 heteroatoms. The third-order valence-electron chi connectivity index (χ3n) is 6.46. The lowest BCUT2D eigenvalue weighted by Gasteiger charge is -2.20. The predicted molar refractivity (Wildman–Crippen MR) is 148 cm³/mol. The molecule has 36 heavy (non-hydrogen) atoms. The number of aryl methyl sites for hydroxylation is 1. The molecule has 0 radical (unpaired) electrons. The molecule has 2 aliphatic rings. The molecule has 2 aliphatic heterocycles. The molecule has 4 aromatic rings. The molecule has 0 fully saturated rings. The zero-order valence-electron chi connectivity index (χ0n) is 19.9. The molecule has 0 bridgehead atoms. The smallest absolute Gasteiger partial charge is 0.283 e. The van der Waals surface area contributed by atoms with Crippen LogP contribution in [-0.2, 0) is 11.2 Å². The molecule has 0 aliphatic carbocycles. The average molecular weight is 490 g/mol. The second kappa shape index (κ2) is 8.77. The van der Waals surface area contributed by atoms with Gasteiger partial charge in [-0.1, -0.05) is 60.7 Å². The van der Waals surface area contributed by atoms with Crippen molar-refractivity contribution in [3.63, 3.8) is 0 Å². The average Bonchev–Trinajstić information content (AvgIpc) is 3.41. The van der Waals surface area contributed by atoms with Crippen molar-refractivity contribution in [1.29, 1.82) is 5.41 Å². The summed E-state index contributed by atoms with van der Waals surface area (Å²) in [5.41, 5.74) is 5.35. The van der Waals surface area contributed by atoms with E-state index in [9.17, 15) is 4.79 Å². The highest BCUT2D eigenvalue weighted by Crippen LogP contribution is 2.31. The Morgan fingerprint density at radius 1 is 0.944 bits per heavy atom. The van der Waals surface area contributed by atoms with Gasteiger partial charge in [0.1, 0.15) is 5.04 Å². The predicted octanol–water partition coefficient (Wildman–Crippen LogP) is 6.11. The molecule has 6 nitrogen and oxygen atoms in total. The quantitative estimate of drug-likeness (QED) is 0.352. The van der Waals surface area contributed by atoms with Crippen LogP contribution >= 0.6 is 11.8 Å². The van der Waals surface area contributed by atoms with Crippen molar-refractivity contribution in [2.45, 2.75) is 20.3 Å². The van der Waals surface area contributed by atoms with Gasteiger partial charge in [-0.15, -0.1) is 0 Å². The fourth-order valence-electron chi connectivity index (χ4n) is 4.68. The molecule has 0 atom stereocenters. The van der Waals surface area contributed by atoms with E-state index in [1.54, 1.807) is 6.08 Å². The molecule has 3 aromatic carbocycles. The summed E-state index contributed by atoms with van der Waals surface area (Å²) in [6.45, 7) is 4.08. The summed E-state index contributed by atoms with van der Waals surface area (Å²) >= 11 is 1.35. The molecule has 0 saturated heterocycles. The SMILES string of the molecule is Cc1cc(/C=C2\C(=N)N3N=C(Cc4ccccc4)SC3=NC2=O)c(C)n1-c1ccc2ccccc2c1. The molecule has 1 aromatic heterocycles. The maximum atomic E-state index is 12.9. The molecular weight excluding hydrogens is 466 g/mol. The topological polar surface area (TPSA) is 73.8 Å². The minimum absolute atomic E-state index is 0.0519. The fourth-order valence-corrected chi connectivity index (χ4v) is 5.60. The highest BCUT2D eigenvalue weighted by molar-refractivity contribution is 8.26. The summed E-state index contributed by atoms with van der Waals surface area (Å²) in [5.74, 6) is -0.360. The first kappa shape index (κ1) is 22.2. The number of benzene rings is 3. The van der Waals surface area contributed by atoms with Gasteiger partial charge >= 0.3 is 0 Å². The number of thioether (sulfide) groups is 1. The van der Waals surface area contributed by atoms with Gasteiger partial charge < -0.3 is 4.57 Å². The summed E-state index contributed by atoms with van der Waals surface area (Å²) in [5, 5.41) is 18.4. The lowest BCUT2D eigenvalue weighted by molar-refractivity contribution is -0.114. The number of fused-ring (bicyclic) bond motifs is 2. The van der Waals surface area contributed by atoms with E-state index in [-0.39, 0.29) is 11.4 Å². The molecule has 0 unspecified atom stereocenters. The van der Waals surface area contributed by atoms with Gasteiger partial charge in [-0.3, -0.25) is 10.2 Å². The Hall–Kier alpha value is -4.23. The summed E-state index contributed by atoms with van der Waals surface area (Å²) < 4.78 is 2.17. The van der Waals surface area contributed by atoms with E-state index in [2.05, 4.69) is 45.0 Å². The van der Waals surface area contributed by atoms with E-state index in [1.807, 2.05) is 62.4 Å². The number of carbonyl (C=O) groups excluding carboxylic acids is 1. The minimum Gasteiger partial charge on any atom is -0.318 e. The van der Waals surface area contributed by atoms with Gasteiger partial charge in [0.2, 0.25) is 5.17 Å². The summed E-state index contributed by atoms with van der Waals surface area (Å²) in [6.07, 6.45) is 2.40. The van der Waals surface area contributed by atoms with Crippen LogP contribution in [0.25, 0.3) is 22.5 Å². The fraction of sp³-hybridized carbons (Fsp3) is 0.103. The molecule has 3 heterocycles. The van der Waals surface area contributed by atoms with Gasteiger partial charge in [0.25, 0.3) is 5.91 Å². The Morgan fingerprint density at radius 3 is 2.50 bits per heavy atom. The van der Waals surface area contributed by atoms with E-state index in [1.165, 1.54) is 27.5 Å². The summed E-state index contributed by atoms with van der Waals surface area (Å²) in [7, 11) is 0. The first-order chi connectivity index (χ1) is 17.5. The molecular formula is C29H23N5OS. The first-order valence-corrected chi connectivity index (χ1v) is 12.5. The standard InChI is InChI=1S/C29H23N5OS/c1-18-14-23(19(2)33(18)24-13-12-21-10-6-7-11-22(21)16-24)17-25-27(30)34-29(31-28(25)35)36-26(32-34)15-20-8-4-3-5-9-20/h3-14,16-17,30H,15H2,1-2H3/b25-17+,30-27?. The molecule has 176 valence electrons. The zero-order chi connectivity index (χ0) is 24.8. The van der Waals surface area contributed by atoms with Crippen LogP contribution < -0.4 is 0 Å². The molecule has 6 rings (SSSR count). The Kier molecular flexibility index (Phi) is 5.42. The van der Waals surface area contributed by atoms with E-state index < -0.39 is 5.91 Å². The number of aromatic nitrogens is 1. The van der Waals surface area contributed by atoms with Crippen molar-refractivity contribution in [3.05, 3.63) is 107 Å². The number of nitrogens with one attached hydrogen (secondary N) is 1. The first-order valence-electron chi connectivity index (χ1n) is 11.7.